The van der Waals surface area contributed by atoms with Gasteiger partial charge >= 0.3 is 6.18 Å². The van der Waals surface area contributed by atoms with Crippen LogP contribution in [0.4, 0.5) is 18.9 Å². The monoisotopic (exact) mass is 406 g/mol. The van der Waals surface area contributed by atoms with Crippen LogP contribution in [0.2, 0.25) is 0 Å². The maximum Gasteiger partial charge on any atom is 0.416 e. The molecular formula is C20H17F3N2O4. The van der Waals surface area contributed by atoms with Gasteiger partial charge in [0, 0.05) is 17.3 Å². The molecule has 6 nitrogen and oxygen atoms in total. The quantitative estimate of drug-likeness (QED) is 0.650. The Kier molecular flexibility index (Phi) is 5.76. The molecule has 1 amide bonds. The smallest absolute Gasteiger partial charge is 0.416 e. The topological polar surface area (TPSA) is 73.6 Å². The molecule has 0 saturated carbocycles. The Bertz CT molecular complexity index is 998. The van der Waals surface area contributed by atoms with Crippen LogP contribution in [-0.2, 0) is 17.4 Å². The van der Waals surface area contributed by atoms with E-state index in [0.29, 0.717) is 28.5 Å². The number of methoxy groups -OCH3 is 2. The van der Waals surface area contributed by atoms with Gasteiger partial charge in [-0.25, -0.2) is 0 Å². The number of alkyl halides is 3. The van der Waals surface area contributed by atoms with Crippen molar-refractivity contribution in [1.29, 1.82) is 0 Å². The number of ether oxygens (including phenoxy) is 2. The van der Waals surface area contributed by atoms with Crippen molar-refractivity contribution in [1.82, 2.24) is 5.16 Å². The number of rotatable bonds is 6. The molecule has 0 atom stereocenters. The molecular weight excluding hydrogens is 389 g/mol. The van der Waals surface area contributed by atoms with E-state index in [4.69, 9.17) is 14.0 Å². The number of halogens is 3. The second-order valence-corrected chi connectivity index (χ2v) is 6.05. The number of hydrogen-bond donors (Lipinski definition) is 1. The maximum atomic E-state index is 12.6. The van der Waals surface area contributed by atoms with Gasteiger partial charge in [-0.2, -0.15) is 13.2 Å². The van der Waals surface area contributed by atoms with E-state index in [1.807, 2.05) is 0 Å². The first-order valence-corrected chi connectivity index (χ1v) is 8.45. The molecule has 0 radical (unpaired) electrons. The molecule has 0 spiro atoms. The van der Waals surface area contributed by atoms with Gasteiger partial charge in [-0.05, 0) is 42.5 Å². The van der Waals surface area contributed by atoms with Crippen LogP contribution in [0.5, 0.6) is 11.5 Å². The molecule has 1 aromatic heterocycles. The lowest BCUT2D eigenvalue weighted by atomic mass is 10.1. The summed E-state index contributed by atoms with van der Waals surface area (Å²) in [5.41, 5.74) is 0.530. The lowest BCUT2D eigenvalue weighted by molar-refractivity contribution is -0.137. The summed E-state index contributed by atoms with van der Waals surface area (Å²) in [6.07, 6.45) is -4.53. The molecule has 3 rings (SSSR count). The molecule has 3 aromatic rings. The van der Waals surface area contributed by atoms with E-state index >= 15 is 0 Å². The third kappa shape index (κ3) is 4.87. The number of nitrogens with zero attached hydrogens (tertiary/aromatic N) is 1. The van der Waals surface area contributed by atoms with Gasteiger partial charge in [0.05, 0.1) is 31.9 Å². The van der Waals surface area contributed by atoms with E-state index in [-0.39, 0.29) is 12.1 Å². The Hall–Kier alpha value is -3.49. The molecule has 1 N–H and O–H groups in total. The first kappa shape index (κ1) is 20.2. The van der Waals surface area contributed by atoms with Gasteiger partial charge in [0.1, 0.15) is 0 Å². The first-order valence-electron chi connectivity index (χ1n) is 8.45. The Balaban J connectivity index is 1.66. The van der Waals surface area contributed by atoms with Crippen LogP contribution in [-0.4, -0.2) is 25.3 Å². The maximum absolute atomic E-state index is 12.6. The fraction of sp³-hybridized carbons (Fsp3) is 0.200. The van der Waals surface area contributed by atoms with Crippen LogP contribution in [0.25, 0.3) is 11.3 Å². The number of amides is 1. The second-order valence-electron chi connectivity index (χ2n) is 6.05. The average molecular weight is 406 g/mol. The van der Waals surface area contributed by atoms with Crippen molar-refractivity contribution in [3.63, 3.8) is 0 Å². The van der Waals surface area contributed by atoms with E-state index in [9.17, 15) is 18.0 Å². The third-order valence-electron chi connectivity index (χ3n) is 4.06. The second kappa shape index (κ2) is 8.26. The predicted octanol–water partition coefficient (Wildman–Crippen LogP) is 4.56. The van der Waals surface area contributed by atoms with Crippen LogP contribution < -0.4 is 14.8 Å². The van der Waals surface area contributed by atoms with Crippen molar-refractivity contribution < 1.29 is 32.0 Å². The van der Waals surface area contributed by atoms with Gasteiger partial charge in [0.15, 0.2) is 17.3 Å². The van der Waals surface area contributed by atoms with Gasteiger partial charge in [-0.15, -0.1) is 0 Å². The molecule has 0 saturated heterocycles. The summed E-state index contributed by atoms with van der Waals surface area (Å²) in [4.78, 5) is 12.1. The highest BCUT2D eigenvalue weighted by molar-refractivity contribution is 5.92. The van der Waals surface area contributed by atoms with E-state index in [1.54, 1.807) is 24.3 Å². The highest BCUT2D eigenvalue weighted by Crippen LogP contribution is 2.33. The normalized spacial score (nSPS) is 11.2. The Morgan fingerprint density at radius 3 is 2.34 bits per heavy atom. The fourth-order valence-electron chi connectivity index (χ4n) is 2.63. The summed E-state index contributed by atoms with van der Waals surface area (Å²) in [5, 5.41) is 6.39. The van der Waals surface area contributed by atoms with Gasteiger partial charge in [0.2, 0.25) is 5.91 Å². The largest absolute Gasteiger partial charge is 0.493 e. The zero-order valence-electron chi connectivity index (χ0n) is 15.5. The summed E-state index contributed by atoms with van der Waals surface area (Å²) in [7, 11) is 3.04. The van der Waals surface area contributed by atoms with Crippen LogP contribution in [0.3, 0.4) is 0 Å². The lowest BCUT2D eigenvalue weighted by Crippen LogP contribution is -2.14. The standard InChI is InChI=1S/C20H17F3N2O4/c1-27-16-8-3-12(9-18(16)28-2)17-10-15(25-29-17)11-19(26)24-14-6-4-13(5-7-14)20(21,22)23/h3-10H,11H2,1-2H3,(H,24,26). The van der Waals surface area contributed by atoms with Crippen molar-refractivity contribution in [2.24, 2.45) is 0 Å². The van der Waals surface area contributed by atoms with Crippen LogP contribution in [0, 0.1) is 0 Å². The summed E-state index contributed by atoms with van der Waals surface area (Å²) in [6, 6.07) is 11.0. The number of aromatic nitrogens is 1. The molecule has 152 valence electrons. The number of carbonyl (C=O) groups is 1. The summed E-state index contributed by atoms with van der Waals surface area (Å²) in [6.45, 7) is 0. The lowest BCUT2D eigenvalue weighted by Gasteiger charge is -2.08. The first-order chi connectivity index (χ1) is 13.8. The Labute approximate surface area is 164 Å². The van der Waals surface area contributed by atoms with Crippen molar-refractivity contribution in [3.05, 3.63) is 59.8 Å². The molecule has 0 fully saturated rings. The minimum atomic E-state index is -4.43. The molecule has 29 heavy (non-hydrogen) atoms. The van der Waals surface area contributed by atoms with E-state index in [0.717, 1.165) is 12.1 Å². The number of nitrogens with one attached hydrogen (secondary N) is 1. The van der Waals surface area contributed by atoms with Gasteiger partial charge in [-0.3, -0.25) is 4.79 Å². The molecule has 9 heteroatoms. The molecule has 0 unspecified atom stereocenters. The summed E-state index contributed by atoms with van der Waals surface area (Å²) in [5.74, 6) is 1.08. The van der Waals surface area contributed by atoms with Crippen molar-refractivity contribution >= 4 is 11.6 Å². The molecule has 0 aliphatic rings. The van der Waals surface area contributed by atoms with Gasteiger partial charge in [0.25, 0.3) is 0 Å². The predicted molar refractivity (Wildman–Crippen MR) is 98.8 cm³/mol. The van der Waals surface area contributed by atoms with Gasteiger partial charge in [-0.1, -0.05) is 5.16 Å². The van der Waals surface area contributed by atoms with Crippen LogP contribution >= 0.6 is 0 Å². The highest BCUT2D eigenvalue weighted by Gasteiger charge is 2.30. The van der Waals surface area contributed by atoms with Crippen molar-refractivity contribution in [3.8, 4) is 22.8 Å². The van der Waals surface area contributed by atoms with Crippen LogP contribution in [0.15, 0.2) is 53.1 Å². The molecule has 1 heterocycles. The zero-order chi connectivity index (χ0) is 21.0. The number of carbonyl (C=O) groups excluding carboxylic acids is 1. The molecule has 2 aromatic carbocycles. The minimum absolute atomic E-state index is 0.0994. The van der Waals surface area contributed by atoms with E-state index < -0.39 is 17.6 Å². The molecule has 0 bridgehead atoms. The molecule has 0 aliphatic heterocycles. The van der Waals surface area contributed by atoms with Gasteiger partial charge < -0.3 is 19.3 Å². The zero-order valence-corrected chi connectivity index (χ0v) is 15.5. The van der Waals surface area contributed by atoms with Crippen LogP contribution in [0.1, 0.15) is 11.3 Å². The Morgan fingerprint density at radius 2 is 1.72 bits per heavy atom. The summed E-state index contributed by atoms with van der Waals surface area (Å²) >= 11 is 0. The minimum Gasteiger partial charge on any atom is -0.493 e. The summed E-state index contributed by atoms with van der Waals surface area (Å²) < 4.78 is 53.4. The molecule has 0 aliphatic carbocycles. The van der Waals surface area contributed by atoms with Crippen molar-refractivity contribution in [2.75, 3.05) is 19.5 Å². The van der Waals surface area contributed by atoms with E-state index in [1.165, 1.54) is 26.4 Å². The highest BCUT2D eigenvalue weighted by atomic mass is 19.4. The average Bonchev–Trinajstić information content (AvgIpc) is 3.15. The third-order valence-corrected chi connectivity index (χ3v) is 4.06. The fourth-order valence-corrected chi connectivity index (χ4v) is 2.63. The number of benzene rings is 2. The van der Waals surface area contributed by atoms with E-state index in [2.05, 4.69) is 10.5 Å². The number of hydrogen-bond acceptors (Lipinski definition) is 5. The number of anilines is 1. The van der Waals surface area contributed by atoms with Crippen molar-refractivity contribution in [2.45, 2.75) is 12.6 Å². The SMILES string of the molecule is COc1ccc(-c2cc(CC(=O)Nc3ccc(C(F)(F)F)cc3)no2)cc1OC. The Morgan fingerprint density at radius 1 is 1.03 bits per heavy atom.